The number of halogens is 2. The van der Waals surface area contributed by atoms with Crippen LogP contribution < -0.4 is 11.1 Å². The van der Waals surface area contributed by atoms with Gasteiger partial charge in [0.1, 0.15) is 5.82 Å². The summed E-state index contributed by atoms with van der Waals surface area (Å²) in [6.07, 6.45) is 0. The summed E-state index contributed by atoms with van der Waals surface area (Å²) in [5.41, 5.74) is 6.63. The van der Waals surface area contributed by atoms with E-state index in [4.69, 9.17) is 17.3 Å². The van der Waals surface area contributed by atoms with Gasteiger partial charge in [0.2, 0.25) is 0 Å². The second-order valence-electron chi connectivity index (χ2n) is 3.98. The molecular formula is C14H12ClFN2O. The lowest BCUT2D eigenvalue weighted by Gasteiger charge is -2.09. The second-order valence-corrected chi connectivity index (χ2v) is 4.38. The molecule has 0 aliphatic carbocycles. The lowest BCUT2D eigenvalue weighted by atomic mass is 10.1. The Morgan fingerprint density at radius 2 is 1.95 bits per heavy atom. The lowest BCUT2D eigenvalue weighted by Crippen LogP contribution is -2.24. The van der Waals surface area contributed by atoms with Gasteiger partial charge in [0, 0.05) is 12.1 Å². The highest BCUT2D eigenvalue weighted by molar-refractivity contribution is 6.33. The van der Waals surface area contributed by atoms with E-state index in [1.807, 2.05) is 0 Å². The molecule has 3 nitrogen and oxygen atoms in total. The van der Waals surface area contributed by atoms with E-state index in [0.29, 0.717) is 10.6 Å². The topological polar surface area (TPSA) is 55.1 Å². The molecular weight excluding hydrogens is 267 g/mol. The van der Waals surface area contributed by atoms with E-state index in [9.17, 15) is 9.18 Å². The number of nitrogen functional groups attached to an aromatic ring is 1. The summed E-state index contributed by atoms with van der Waals surface area (Å²) in [5.74, 6) is -0.745. The number of nitrogens with two attached hydrogens (primary N) is 1. The van der Waals surface area contributed by atoms with Crippen LogP contribution >= 0.6 is 11.6 Å². The van der Waals surface area contributed by atoms with Crippen LogP contribution in [0, 0.1) is 5.82 Å². The highest BCUT2D eigenvalue weighted by Gasteiger charge is 2.12. The molecule has 0 aliphatic rings. The minimum Gasteiger partial charge on any atom is -0.397 e. The van der Waals surface area contributed by atoms with Crippen molar-refractivity contribution in [3.8, 4) is 0 Å². The van der Waals surface area contributed by atoms with Crippen LogP contribution in [0.4, 0.5) is 10.1 Å². The molecule has 5 heteroatoms. The van der Waals surface area contributed by atoms with Gasteiger partial charge < -0.3 is 11.1 Å². The number of anilines is 1. The monoisotopic (exact) mass is 278 g/mol. The van der Waals surface area contributed by atoms with Gasteiger partial charge in [-0.1, -0.05) is 35.9 Å². The standard InChI is InChI=1S/C14H12ClFN2O/c15-11-6-3-5-10(13(11)17)14(19)18-8-9-4-1-2-7-12(9)16/h1-7H,8,17H2,(H,18,19). The summed E-state index contributed by atoms with van der Waals surface area (Å²) in [7, 11) is 0. The fraction of sp³-hybridized carbons (Fsp3) is 0.0714. The Kier molecular flexibility index (Phi) is 4.02. The maximum Gasteiger partial charge on any atom is 0.253 e. The summed E-state index contributed by atoms with van der Waals surface area (Å²) in [6, 6.07) is 11.1. The number of carbonyl (C=O) groups excluding carboxylic acids is 1. The first kappa shape index (κ1) is 13.4. The SMILES string of the molecule is Nc1c(Cl)cccc1C(=O)NCc1ccccc1F. The summed E-state index contributed by atoms with van der Waals surface area (Å²) in [6.45, 7) is 0.0947. The zero-order valence-electron chi connectivity index (χ0n) is 9.99. The average molecular weight is 279 g/mol. The van der Waals surface area contributed by atoms with Crippen LogP contribution in [0.15, 0.2) is 42.5 Å². The molecule has 0 heterocycles. The van der Waals surface area contributed by atoms with Gasteiger partial charge >= 0.3 is 0 Å². The summed E-state index contributed by atoms with van der Waals surface area (Å²) in [5, 5.41) is 2.92. The first-order valence-electron chi connectivity index (χ1n) is 5.65. The second kappa shape index (κ2) is 5.71. The van der Waals surface area contributed by atoms with E-state index in [2.05, 4.69) is 5.32 Å². The summed E-state index contributed by atoms with van der Waals surface area (Å²) >= 11 is 5.84. The zero-order chi connectivity index (χ0) is 13.8. The Morgan fingerprint density at radius 1 is 1.21 bits per heavy atom. The Labute approximate surface area is 115 Å². The quantitative estimate of drug-likeness (QED) is 0.848. The van der Waals surface area contributed by atoms with Crippen molar-refractivity contribution >= 4 is 23.2 Å². The zero-order valence-corrected chi connectivity index (χ0v) is 10.7. The molecule has 0 radical (unpaired) electrons. The van der Waals surface area contributed by atoms with Gasteiger partial charge in [0.15, 0.2) is 0 Å². The van der Waals surface area contributed by atoms with Crippen LogP contribution in [-0.4, -0.2) is 5.91 Å². The first-order chi connectivity index (χ1) is 9.09. The molecule has 0 atom stereocenters. The van der Waals surface area contributed by atoms with Gasteiger partial charge in [-0.3, -0.25) is 4.79 Å². The summed E-state index contributed by atoms with van der Waals surface area (Å²) in [4.78, 5) is 11.9. The number of hydrogen-bond acceptors (Lipinski definition) is 2. The molecule has 0 aliphatic heterocycles. The Balaban J connectivity index is 2.10. The molecule has 0 aromatic heterocycles. The van der Waals surface area contributed by atoms with Gasteiger partial charge in [-0.15, -0.1) is 0 Å². The first-order valence-corrected chi connectivity index (χ1v) is 6.03. The Bertz CT molecular complexity index is 616. The van der Waals surface area contributed by atoms with Crippen molar-refractivity contribution in [3.63, 3.8) is 0 Å². The fourth-order valence-corrected chi connectivity index (χ4v) is 1.82. The molecule has 0 saturated heterocycles. The third-order valence-corrected chi connectivity index (χ3v) is 3.02. The van der Waals surface area contributed by atoms with Crippen molar-refractivity contribution in [2.24, 2.45) is 0 Å². The van der Waals surface area contributed by atoms with Crippen molar-refractivity contribution in [1.82, 2.24) is 5.32 Å². The predicted molar refractivity (Wildman–Crippen MR) is 73.4 cm³/mol. The number of nitrogens with one attached hydrogen (secondary N) is 1. The molecule has 0 spiro atoms. The molecule has 0 bridgehead atoms. The van der Waals surface area contributed by atoms with Gasteiger partial charge in [-0.2, -0.15) is 0 Å². The summed E-state index contributed by atoms with van der Waals surface area (Å²) < 4.78 is 13.4. The smallest absolute Gasteiger partial charge is 0.253 e. The number of rotatable bonds is 3. The largest absolute Gasteiger partial charge is 0.397 e. The highest BCUT2D eigenvalue weighted by Crippen LogP contribution is 2.22. The molecule has 0 fully saturated rings. The van der Waals surface area contributed by atoms with Crippen molar-refractivity contribution in [1.29, 1.82) is 0 Å². The number of carbonyl (C=O) groups is 1. The van der Waals surface area contributed by atoms with Gasteiger partial charge in [-0.05, 0) is 18.2 Å². The predicted octanol–water partition coefficient (Wildman–Crippen LogP) is 2.99. The molecule has 1 amide bonds. The molecule has 2 rings (SSSR count). The van der Waals surface area contributed by atoms with Crippen LogP contribution in [0.5, 0.6) is 0 Å². The van der Waals surface area contributed by atoms with Crippen molar-refractivity contribution in [2.75, 3.05) is 5.73 Å². The maximum absolute atomic E-state index is 13.4. The van der Waals surface area contributed by atoms with E-state index in [1.54, 1.807) is 36.4 Å². The number of hydrogen-bond donors (Lipinski definition) is 2. The van der Waals surface area contributed by atoms with Crippen LogP contribution in [0.25, 0.3) is 0 Å². The van der Waals surface area contributed by atoms with Crippen LogP contribution in [0.3, 0.4) is 0 Å². The molecule has 98 valence electrons. The van der Waals surface area contributed by atoms with Gasteiger partial charge in [0.25, 0.3) is 5.91 Å². The Hall–Kier alpha value is -2.07. The lowest BCUT2D eigenvalue weighted by molar-refractivity contribution is 0.0951. The molecule has 19 heavy (non-hydrogen) atoms. The Morgan fingerprint density at radius 3 is 2.68 bits per heavy atom. The molecule has 0 saturated carbocycles. The van der Waals surface area contributed by atoms with Gasteiger partial charge in [0.05, 0.1) is 16.3 Å². The van der Waals surface area contributed by atoms with E-state index in [-0.39, 0.29) is 29.5 Å². The average Bonchev–Trinajstić information content (AvgIpc) is 2.40. The van der Waals surface area contributed by atoms with Crippen molar-refractivity contribution < 1.29 is 9.18 Å². The van der Waals surface area contributed by atoms with E-state index in [0.717, 1.165) is 0 Å². The highest BCUT2D eigenvalue weighted by atomic mass is 35.5. The molecule has 3 N–H and O–H groups in total. The van der Waals surface area contributed by atoms with Crippen molar-refractivity contribution in [3.05, 3.63) is 64.4 Å². The third-order valence-electron chi connectivity index (χ3n) is 2.69. The number of amides is 1. The maximum atomic E-state index is 13.4. The van der Waals surface area contributed by atoms with Crippen molar-refractivity contribution in [2.45, 2.75) is 6.54 Å². The molecule has 0 unspecified atom stereocenters. The number of para-hydroxylation sites is 1. The normalized spacial score (nSPS) is 10.2. The van der Waals surface area contributed by atoms with Crippen LogP contribution in [0.2, 0.25) is 5.02 Å². The number of benzene rings is 2. The van der Waals surface area contributed by atoms with Crippen LogP contribution in [0.1, 0.15) is 15.9 Å². The fourth-order valence-electron chi connectivity index (χ4n) is 1.65. The molecule has 2 aromatic carbocycles. The van der Waals surface area contributed by atoms with E-state index >= 15 is 0 Å². The minimum absolute atomic E-state index is 0.0947. The molecule has 2 aromatic rings. The van der Waals surface area contributed by atoms with E-state index in [1.165, 1.54) is 6.07 Å². The van der Waals surface area contributed by atoms with Gasteiger partial charge in [-0.25, -0.2) is 4.39 Å². The van der Waals surface area contributed by atoms with Crippen LogP contribution in [-0.2, 0) is 6.54 Å². The minimum atomic E-state index is -0.386. The van der Waals surface area contributed by atoms with E-state index < -0.39 is 0 Å². The third kappa shape index (κ3) is 3.03.